The molecule has 21 heavy (non-hydrogen) atoms. The van der Waals surface area contributed by atoms with Gasteiger partial charge >= 0.3 is 0 Å². The molecular weight excluding hydrogens is 328 g/mol. The molecule has 3 nitrogen and oxygen atoms in total. The predicted molar refractivity (Wildman–Crippen MR) is 89.7 cm³/mol. The normalized spacial score (nSPS) is 12.1. The van der Waals surface area contributed by atoms with Crippen LogP contribution in [0.25, 0.3) is 0 Å². The lowest BCUT2D eigenvalue weighted by atomic mass is 10.1. The van der Waals surface area contributed by atoms with Crippen LogP contribution in [0.1, 0.15) is 31.1 Å². The average Bonchev–Trinajstić information content (AvgIpc) is 2.48. The standard InChI is InChI=1S/C17H21BrN2O/c1-3-19-13(2)16-8-7-15(12-17(16)18)21-11-9-14-6-4-5-10-20-14/h4-8,10,12-13,19H,3,9,11H2,1-2H3. The molecule has 0 radical (unpaired) electrons. The fourth-order valence-electron chi connectivity index (χ4n) is 2.18. The molecule has 1 N–H and O–H groups in total. The molecule has 2 aromatic rings. The Balaban J connectivity index is 1.91. The zero-order valence-corrected chi connectivity index (χ0v) is 14.1. The number of aromatic nitrogens is 1. The van der Waals surface area contributed by atoms with Crippen LogP contribution in [0.2, 0.25) is 0 Å². The van der Waals surface area contributed by atoms with Crippen molar-refractivity contribution < 1.29 is 4.74 Å². The van der Waals surface area contributed by atoms with Gasteiger partial charge in [-0.3, -0.25) is 4.98 Å². The summed E-state index contributed by atoms with van der Waals surface area (Å²) in [4.78, 5) is 4.29. The van der Waals surface area contributed by atoms with Gasteiger partial charge in [0.15, 0.2) is 0 Å². The second-order valence-corrected chi connectivity index (χ2v) is 5.74. The zero-order valence-electron chi connectivity index (χ0n) is 12.5. The van der Waals surface area contributed by atoms with Crippen LogP contribution < -0.4 is 10.1 Å². The van der Waals surface area contributed by atoms with Crippen molar-refractivity contribution in [2.75, 3.05) is 13.2 Å². The second kappa shape index (κ2) is 8.15. The van der Waals surface area contributed by atoms with Gasteiger partial charge in [-0.1, -0.05) is 35.0 Å². The fourth-order valence-corrected chi connectivity index (χ4v) is 2.89. The summed E-state index contributed by atoms with van der Waals surface area (Å²) in [5, 5.41) is 3.41. The summed E-state index contributed by atoms with van der Waals surface area (Å²) < 4.78 is 6.87. The van der Waals surface area contributed by atoms with E-state index in [4.69, 9.17) is 4.74 Å². The van der Waals surface area contributed by atoms with Crippen LogP contribution in [-0.2, 0) is 6.42 Å². The second-order valence-electron chi connectivity index (χ2n) is 4.88. The van der Waals surface area contributed by atoms with Crippen molar-refractivity contribution in [3.8, 4) is 5.75 Å². The molecule has 1 heterocycles. The summed E-state index contributed by atoms with van der Waals surface area (Å²) in [5.41, 5.74) is 2.29. The van der Waals surface area contributed by atoms with Crippen molar-refractivity contribution in [2.24, 2.45) is 0 Å². The molecule has 0 fully saturated rings. The third-order valence-electron chi connectivity index (χ3n) is 3.30. The lowest BCUT2D eigenvalue weighted by Gasteiger charge is -2.15. The largest absolute Gasteiger partial charge is 0.493 e. The van der Waals surface area contributed by atoms with E-state index in [2.05, 4.69) is 46.1 Å². The number of hydrogen-bond donors (Lipinski definition) is 1. The Kier molecular flexibility index (Phi) is 6.21. The summed E-state index contributed by atoms with van der Waals surface area (Å²) in [6.07, 6.45) is 2.62. The highest BCUT2D eigenvalue weighted by atomic mass is 79.9. The van der Waals surface area contributed by atoms with E-state index in [0.717, 1.165) is 28.9 Å². The van der Waals surface area contributed by atoms with E-state index < -0.39 is 0 Å². The van der Waals surface area contributed by atoms with Crippen LogP contribution in [0.5, 0.6) is 5.75 Å². The van der Waals surface area contributed by atoms with Crippen molar-refractivity contribution in [3.63, 3.8) is 0 Å². The lowest BCUT2D eigenvalue weighted by Crippen LogP contribution is -2.18. The number of ether oxygens (including phenoxy) is 1. The predicted octanol–water partition coefficient (Wildman–Crippen LogP) is 4.14. The van der Waals surface area contributed by atoms with Crippen molar-refractivity contribution in [2.45, 2.75) is 26.3 Å². The molecule has 0 aliphatic heterocycles. The van der Waals surface area contributed by atoms with E-state index >= 15 is 0 Å². The molecule has 1 aromatic heterocycles. The quantitative estimate of drug-likeness (QED) is 0.816. The Labute approximate surface area is 134 Å². The third kappa shape index (κ3) is 4.83. The van der Waals surface area contributed by atoms with Crippen LogP contribution in [-0.4, -0.2) is 18.1 Å². The Hall–Kier alpha value is -1.39. The molecule has 112 valence electrons. The molecule has 1 unspecified atom stereocenters. The molecule has 0 amide bonds. The highest BCUT2D eigenvalue weighted by Crippen LogP contribution is 2.27. The van der Waals surface area contributed by atoms with Crippen LogP contribution in [0.4, 0.5) is 0 Å². The van der Waals surface area contributed by atoms with Gasteiger partial charge < -0.3 is 10.1 Å². The first kappa shape index (κ1) is 16.0. The Morgan fingerprint density at radius 2 is 2.14 bits per heavy atom. The number of hydrogen-bond acceptors (Lipinski definition) is 3. The van der Waals surface area contributed by atoms with Gasteiger partial charge in [-0.05, 0) is 43.3 Å². The van der Waals surface area contributed by atoms with Gasteiger partial charge in [0, 0.05) is 28.8 Å². The molecule has 1 aromatic carbocycles. The molecule has 0 aliphatic carbocycles. The van der Waals surface area contributed by atoms with Gasteiger partial charge in [-0.15, -0.1) is 0 Å². The minimum atomic E-state index is 0.326. The highest BCUT2D eigenvalue weighted by Gasteiger charge is 2.09. The van der Waals surface area contributed by atoms with E-state index in [9.17, 15) is 0 Å². The first-order chi connectivity index (χ1) is 10.2. The number of pyridine rings is 1. The van der Waals surface area contributed by atoms with E-state index in [-0.39, 0.29) is 0 Å². The van der Waals surface area contributed by atoms with E-state index in [0.29, 0.717) is 12.6 Å². The molecule has 0 saturated carbocycles. The number of benzene rings is 1. The Morgan fingerprint density at radius 1 is 1.29 bits per heavy atom. The van der Waals surface area contributed by atoms with Crippen LogP contribution in [0.15, 0.2) is 47.1 Å². The molecule has 2 rings (SSSR count). The van der Waals surface area contributed by atoms with Gasteiger partial charge in [0.2, 0.25) is 0 Å². The maximum absolute atomic E-state index is 5.80. The average molecular weight is 349 g/mol. The van der Waals surface area contributed by atoms with Crippen molar-refractivity contribution in [3.05, 3.63) is 58.3 Å². The fraction of sp³-hybridized carbons (Fsp3) is 0.353. The number of nitrogens with one attached hydrogen (secondary N) is 1. The summed E-state index contributed by atoms with van der Waals surface area (Å²) in [6, 6.07) is 12.4. The maximum atomic E-state index is 5.80. The molecular formula is C17H21BrN2O. The summed E-state index contributed by atoms with van der Waals surface area (Å²) in [7, 11) is 0. The number of halogens is 1. The molecule has 0 aliphatic rings. The SMILES string of the molecule is CCNC(C)c1ccc(OCCc2ccccn2)cc1Br. The smallest absolute Gasteiger partial charge is 0.120 e. The van der Waals surface area contributed by atoms with E-state index in [1.54, 1.807) is 0 Å². The maximum Gasteiger partial charge on any atom is 0.120 e. The summed E-state index contributed by atoms with van der Waals surface area (Å²) in [6.45, 7) is 5.85. The Bertz CT molecular complexity index is 560. The topological polar surface area (TPSA) is 34.1 Å². The zero-order chi connectivity index (χ0) is 15.1. The molecule has 0 bridgehead atoms. The van der Waals surface area contributed by atoms with Gasteiger partial charge in [0.25, 0.3) is 0 Å². The van der Waals surface area contributed by atoms with Gasteiger partial charge in [0.1, 0.15) is 5.75 Å². The first-order valence-corrected chi connectivity index (χ1v) is 8.05. The Morgan fingerprint density at radius 3 is 2.81 bits per heavy atom. The molecule has 0 spiro atoms. The third-order valence-corrected chi connectivity index (χ3v) is 3.99. The monoisotopic (exact) mass is 348 g/mol. The van der Waals surface area contributed by atoms with E-state index in [1.807, 2.05) is 36.5 Å². The number of rotatable bonds is 7. The molecule has 1 atom stereocenters. The molecule has 4 heteroatoms. The summed E-state index contributed by atoms with van der Waals surface area (Å²) >= 11 is 3.62. The minimum Gasteiger partial charge on any atom is -0.493 e. The highest BCUT2D eigenvalue weighted by molar-refractivity contribution is 9.10. The molecule has 0 saturated heterocycles. The van der Waals surface area contributed by atoms with Crippen molar-refractivity contribution in [1.29, 1.82) is 0 Å². The number of nitrogens with zero attached hydrogens (tertiary/aromatic N) is 1. The van der Waals surface area contributed by atoms with E-state index in [1.165, 1.54) is 5.56 Å². The van der Waals surface area contributed by atoms with Crippen molar-refractivity contribution in [1.82, 2.24) is 10.3 Å². The van der Waals surface area contributed by atoms with Crippen molar-refractivity contribution >= 4 is 15.9 Å². The van der Waals surface area contributed by atoms with Crippen LogP contribution in [0, 0.1) is 0 Å². The van der Waals surface area contributed by atoms with Crippen LogP contribution >= 0.6 is 15.9 Å². The van der Waals surface area contributed by atoms with Gasteiger partial charge in [0.05, 0.1) is 6.61 Å². The first-order valence-electron chi connectivity index (χ1n) is 7.26. The lowest BCUT2D eigenvalue weighted by molar-refractivity contribution is 0.320. The summed E-state index contributed by atoms with van der Waals surface area (Å²) in [5.74, 6) is 0.880. The minimum absolute atomic E-state index is 0.326. The van der Waals surface area contributed by atoms with Crippen LogP contribution in [0.3, 0.4) is 0 Å². The van der Waals surface area contributed by atoms with Gasteiger partial charge in [-0.2, -0.15) is 0 Å². The van der Waals surface area contributed by atoms with Gasteiger partial charge in [-0.25, -0.2) is 0 Å².